The molecule has 0 radical (unpaired) electrons. The van der Waals surface area contributed by atoms with E-state index < -0.39 is 10.7 Å². The van der Waals surface area contributed by atoms with Gasteiger partial charge in [-0.25, -0.2) is 0 Å². The van der Waals surface area contributed by atoms with Crippen LogP contribution in [-0.4, -0.2) is 33.4 Å². The van der Waals surface area contributed by atoms with Crippen LogP contribution in [0, 0.1) is 24.0 Å². The number of nitrogens with one attached hydrogen (secondary N) is 1. The summed E-state index contributed by atoms with van der Waals surface area (Å²) in [5.74, 6) is -0.771. The summed E-state index contributed by atoms with van der Waals surface area (Å²) in [5, 5.41) is 29.2. The number of carbonyl (C=O) groups excluding carboxylic acids is 1. The van der Waals surface area contributed by atoms with Gasteiger partial charge in [0.1, 0.15) is 6.54 Å². The summed E-state index contributed by atoms with van der Waals surface area (Å²) in [4.78, 5) is 25.9. The average molecular weight is 330 g/mol. The molecule has 2 rings (SSSR count). The number of anilines is 1. The quantitative estimate of drug-likeness (QED) is 0.499. The van der Waals surface area contributed by atoms with E-state index in [-0.39, 0.29) is 23.7 Å². The van der Waals surface area contributed by atoms with Gasteiger partial charge in [0, 0.05) is 25.4 Å². The third kappa shape index (κ3) is 3.75. The van der Waals surface area contributed by atoms with E-state index in [1.165, 1.54) is 0 Å². The van der Waals surface area contributed by atoms with Crippen LogP contribution in [0.15, 0.2) is 23.2 Å². The summed E-state index contributed by atoms with van der Waals surface area (Å²) < 4.78 is 1.65. The normalized spacial score (nSPS) is 11.0. The largest absolute Gasteiger partial charge is 0.872 e. The molecule has 0 fully saturated rings. The van der Waals surface area contributed by atoms with Gasteiger partial charge in [0.25, 0.3) is 5.69 Å². The minimum Gasteiger partial charge on any atom is -0.872 e. The Balaban J connectivity index is 2.05. The molecule has 0 unspecified atom stereocenters. The number of nitrogens with zero attached hydrogens (tertiary/aromatic N) is 4. The van der Waals surface area contributed by atoms with Crippen molar-refractivity contribution < 1.29 is 14.8 Å². The minimum absolute atomic E-state index is 0.0609. The van der Waals surface area contributed by atoms with Crippen molar-refractivity contribution in [1.82, 2.24) is 9.78 Å². The fourth-order valence-electron chi connectivity index (χ4n) is 2.11. The Kier molecular flexibility index (Phi) is 4.93. The smallest absolute Gasteiger partial charge is 0.270 e. The molecule has 2 aromatic rings. The molecule has 0 bridgehead atoms. The molecule has 1 heterocycles. The standard InChI is InChI=1S/C15H17N5O4/c1-9-15(10(2)19(3)18-9)17-14(22)8-16-7-11-6-12(20(23)24)4-5-13(11)21/h4-7,21H,8H2,1-3H3,(H,17,22)/p-1. The number of non-ortho nitro benzene ring substituents is 1. The second-order valence-corrected chi connectivity index (χ2v) is 5.17. The first-order chi connectivity index (χ1) is 11.3. The molecule has 1 aromatic carbocycles. The molecule has 0 spiro atoms. The van der Waals surface area contributed by atoms with Gasteiger partial charge < -0.3 is 10.4 Å². The average Bonchev–Trinajstić information content (AvgIpc) is 2.75. The van der Waals surface area contributed by atoms with Gasteiger partial charge >= 0.3 is 0 Å². The first kappa shape index (κ1) is 17.1. The second kappa shape index (κ2) is 6.90. The predicted molar refractivity (Wildman–Crippen MR) is 86.3 cm³/mol. The summed E-state index contributed by atoms with van der Waals surface area (Å²) in [5.41, 5.74) is 1.98. The van der Waals surface area contributed by atoms with E-state index in [1.807, 2.05) is 6.92 Å². The van der Waals surface area contributed by atoms with Crippen LogP contribution in [0.2, 0.25) is 0 Å². The van der Waals surface area contributed by atoms with E-state index in [0.717, 1.165) is 30.1 Å². The highest BCUT2D eigenvalue weighted by atomic mass is 16.6. The topological polar surface area (TPSA) is 125 Å². The molecule has 9 heteroatoms. The Morgan fingerprint density at radius 2 is 2.17 bits per heavy atom. The minimum atomic E-state index is -0.600. The molecule has 1 aromatic heterocycles. The first-order valence-corrected chi connectivity index (χ1v) is 7.05. The lowest BCUT2D eigenvalue weighted by molar-refractivity contribution is -0.385. The van der Waals surface area contributed by atoms with Crippen LogP contribution in [0.4, 0.5) is 11.4 Å². The van der Waals surface area contributed by atoms with Crippen LogP contribution in [0.1, 0.15) is 17.0 Å². The van der Waals surface area contributed by atoms with Crippen molar-refractivity contribution in [2.75, 3.05) is 11.9 Å². The van der Waals surface area contributed by atoms with Crippen LogP contribution in [-0.2, 0) is 11.8 Å². The summed E-state index contributed by atoms with van der Waals surface area (Å²) >= 11 is 0. The van der Waals surface area contributed by atoms with E-state index in [0.29, 0.717) is 11.4 Å². The first-order valence-electron chi connectivity index (χ1n) is 7.05. The number of benzene rings is 1. The number of amides is 1. The molecule has 1 N–H and O–H groups in total. The number of hydrogen-bond donors (Lipinski definition) is 1. The molecule has 0 saturated heterocycles. The molecular weight excluding hydrogens is 314 g/mol. The van der Waals surface area contributed by atoms with E-state index in [9.17, 15) is 20.0 Å². The molecular formula is C15H16N5O4-. The maximum absolute atomic E-state index is 11.9. The summed E-state index contributed by atoms with van der Waals surface area (Å²) in [6, 6.07) is 3.35. The fraction of sp³-hybridized carbons (Fsp3) is 0.267. The SMILES string of the molecule is Cc1nn(C)c(C)c1NC(=O)CN=Cc1cc([N+](=O)[O-])ccc1[O-]. The van der Waals surface area contributed by atoms with Crippen molar-refractivity contribution in [2.45, 2.75) is 13.8 Å². The maximum atomic E-state index is 11.9. The zero-order chi connectivity index (χ0) is 17.9. The number of hydrogen-bond acceptors (Lipinski definition) is 6. The lowest BCUT2D eigenvalue weighted by Crippen LogP contribution is -2.16. The highest BCUT2D eigenvalue weighted by molar-refractivity contribution is 5.95. The zero-order valence-electron chi connectivity index (χ0n) is 13.4. The summed E-state index contributed by atoms with van der Waals surface area (Å²) in [6.45, 7) is 3.39. The number of nitro groups is 1. The molecule has 9 nitrogen and oxygen atoms in total. The van der Waals surface area contributed by atoms with Crippen LogP contribution >= 0.6 is 0 Å². The van der Waals surface area contributed by atoms with Gasteiger partial charge in [-0.1, -0.05) is 11.8 Å². The number of carbonyl (C=O) groups is 1. The predicted octanol–water partition coefficient (Wildman–Crippen LogP) is 1.08. The van der Waals surface area contributed by atoms with Crippen molar-refractivity contribution in [1.29, 1.82) is 0 Å². The molecule has 1 amide bonds. The second-order valence-electron chi connectivity index (χ2n) is 5.17. The van der Waals surface area contributed by atoms with Crippen molar-refractivity contribution in [3.8, 4) is 5.75 Å². The van der Waals surface area contributed by atoms with E-state index in [1.54, 1.807) is 18.7 Å². The third-order valence-corrected chi connectivity index (χ3v) is 3.44. The number of rotatable bonds is 5. The van der Waals surface area contributed by atoms with E-state index in [2.05, 4.69) is 15.4 Å². The Morgan fingerprint density at radius 1 is 1.46 bits per heavy atom. The lowest BCUT2D eigenvalue weighted by atomic mass is 10.2. The third-order valence-electron chi connectivity index (χ3n) is 3.44. The Morgan fingerprint density at radius 3 is 2.75 bits per heavy atom. The lowest BCUT2D eigenvalue weighted by Gasteiger charge is -2.08. The molecule has 0 saturated carbocycles. The van der Waals surface area contributed by atoms with Crippen molar-refractivity contribution >= 4 is 23.5 Å². The van der Waals surface area contributed by atoms with Crippen LogP contribution in [0.3, 0.4) is 0 Å². The van der Waals surface area contributed by atoms with E-state index in [4.69, 9.17) is 0 Å². The van der Waals surface area contributed by atoms with Gasteiger partial charge in [0.2, 0.25) is 5.91 Å². The van der Waals surface area contributed by atoms with Crippen molar-refractivity contribution in [3.63, 3.8) is 0 Å². The van der Waals surface area contributed by atoms with Crippen LogP contribution in [0.25, 0.3) is 0 Å². The number of nitro benzene ring substituents is 1. The number of aryl methyl sites for hydroxylation is 2. The summed E-state index contributed by atoms with van der Waals surface area (Å²) in [7, 11) is 1.77. The monoisotopic (exact) mass is 330 g/mol. The maximum Gasteiger partial charge on any atom is 0.270 e. The molecule has 0 aliphatic carbocycles. The highest BCUT2D eigenvalue weighted by Crippen LogP contribution is 2.19. The van der Waals surface area contributed by atoms with Gasteiger partial charge in [0.05, 0.1) is 22.0 Å². The van der Waals surface area contributed by atoms with Gasteiger partial charge in [-0.2, -0.15) is 5.10 Å². The van der Waals surface area contributed by atoms with Gasteiger partial charge in [-0.05, 0) is 19.4 Å². The zero-order valence-corrected chi connectivity index (χ0v) is 13.4. The van der Waals surface area contributed by atoms with Crippen molar-refractivity contribution in [3.05, 3.63) is 45.3 Å². The van der Waals surface area contributed by atoms with Gasteiger partial charge in [-0.3, -0.25) is 24.6 Å². The molecule has 0 aliphatic rings. The van der Waals surface area contributed by atoms with Gasteiger partial charge in [0.15, 0.2) is 0 Å². The van der Waals surface area contributed by atoms with Crippen LogP contribution < -0.4 is 10.4 Å². The van der Waals surface area contributed by atoms with Crippen LogP contribution in [0.5, 0.6) is 5.75 Å². The molecule has 24 heavy (non-hydrogen) atoms. The fourth-order valence-corrected chi connectivity index (χ4v) is 2.11. The number of aliphatic imine (C=N–C) groups is 1. The molecule has 0 atom stereocenters. The van der Waals surface area contributed by atoms with E-state index >= 15 is 0 Å². The Labute approximate surface area is 137 Å². The Bertz CT molecular complexity index is 826. The molecule has 126 valence electrons. The molecule has 0 aliphatic heterocycles. The van der Waals surface area contributed by atoms with Gasteiger partial charge in [-0.15, -0.1) is 0 Å². The highest BCUT2D eigenvalue weighted by Gasteiger charge is 2.12. The number of aromatic nitrogens is 2. The Hall–Kier alpha value is -3.23. The van der Waals surface area contributed by atoms with Crippen molar-refractivity contribution in [2.24, 2.45) is 12.0 Å². The summed E-state index contributed by atoms with van der Waals surface area (Å²) in [6.07, 6.45) is 1.16.